The van der Waals surface area contributed by atoms with Crippen LogP contribution in [0.1, 0.15) is 10.4 Å². The molecule has 4 nitrogen and oxygen atoms in total. The van der Waals surface area contributed by atoms with Gasteiger partial charge >= 0.3 is 0 Å². The Morgan fingerprint density at radius 2 is 1.94 bits per heavy atom. The van der Waals surface area contributed by atoms with Gasteiger partial charge in [-0.3, -0.25) is 4.79 Å². The number of ether oxygens (including phenoxy) is 1. The van der Waals surface area contributed by atoms with Gasteiger partial charge in [-0.2, -0.15) is 0 Å². The lowest BCUT2D eigenvalue weighted by molar-refractivity contribution is -0.00346. The molecule has 0 spiro atoms. The second-order valence-electron chi connectivity index (χ2n) is 3.56. The number of carbonyl (C=O) groups excluding carboxylic acids is 1. The molecule has 86 valence electrons. The fourth-order valence-corrected chi connectivity index (χ4v) is 1.79. The maximum absolute atomic E-state index is 11.7. The van der Waals surface area contributed by atoms with Gasteiger partial charge in [0.05, 0.1) is 35.0 Å². The van der Waals surface area contributed by atoms with Gasteiger partial charge in [0.15, 0.2) is 0 Å². The van der Waals surface area contributed by atoms with Crippen molar-refractivity contribution in [3.05, 3.63) is 27.7 Å². The number of carbonyl (C=O) groups is 1. The van der Waals surface area contributed by atoms with Crippen LogP contribution in [0.15, 0.2) is 12.1 Å². The zero-order valence-corrected chi connectivity index (χ0v) is 9.81. The number of nitrogens with two attached hydrogens (primary N) is 1. The predicted molar refractivity (Wildman–Crippen MR) is 62.9 cm³/mol. The smallest absolute Gasteiger partial charge is 0.251 e. The molecule has 2 rings (SSSR count). The summed E-state index contributed by atoms with van der Waals surface area (Å²) in [6.07, 6.45) is 0. The van der Waals surface area contributed by atoms with Crippen molar-refractivity contribution < 1.29 is 9.53 Å². The molecular weight excluding hydrogens is 251 g/mol. The normalized spacial score (nSPS) is 15.6. The van der Waals surface area contributed by atoms with E-state index in [0.29, 0.717) is 18.8 Å². The molecule has 1 amide bonds. The fourth-order valence-electron chi connectivity index (χ4n) is 1.30. The van der Waals surface area contributed by atoms with Crippen LogP contribution in [0.2, 0.25) is 10.0 Å². The van der Waals surface area contributed by atoms with E-state index < -0.39 is 0 Å². The zero-order chi connectivity index (χ0) is 11.7. The molecule has 16 heavy (non-hydrogen) atoms. The summed E-state index contributed by atoms with van der Waals surface area (Å²) in [4.78, 5) is 11.7. The first-order chi connectivity index (χ1) is 7.58. The van der Waals surface area contributed by atoms with E-state index in [0.717, 1.165) is 0 Å². The monoisotopic (exact) mass is 260 g/mol. The van der Waals surface area contributed by atoms with Crippen LogP contribution in [0, 0.1) is 0 Å². The van der Waals surface area contributed by atoms with Crippen LogP contribution in [0.3, 0.4) is 0 Å². The van der Waals surface area contributed by atoms with Crippen molar-refractivity contribution in [2.75, 3.05) is 18.9 Å². The third-order valence-electron chi connectivity index (χ3n) is 2.31. The lowest BCUT2D eigenvalue weighted by atomic mass is 10.1. The molecule has 1 fully saturated rings. The SMILES string of the molecule is Nc1c(Cl)cc(C(=O)NC2COC2)cc1Cl. The van der Waals surface area contributed by atoms with E-state index in [1.807, 2.05) is 0 Å². The standard InChI is InChI=1S/C10H10Cl2N2O2/c11-7-1-5(2-8(12)9(7)13)10(15)14-6-3-16-4-6/h1-2,6H,3-4,13H2,(H,14,15). The summed E-state index contributed by atoms with van der Waals surface area (Å²) >= 11 is 11.7. The number of benzene rings is 1. The van der Waals surface area contributed by atoms with Crippen molar-refractivity contribution in [3.8, 4) is 0 Å². The number of halogens is 2. The third-order valence-corrected chi connectivity index (χ3v) is 2.94. The van der Waals surface area contributed by atoms with Crippen LogP contribution in [-0.4, -0.2) is 25.2 Å². The van der Waals surface area contributed by atoms with Gasteiger partial charge in [0, 0.05) is 5.56 Å². The van der Waals surface area contributed by atoms with Gasteiger partial charge in [0.25, 0.3) is 5.91 Å². The molecule has 0 saturated carbocycles. The van der Waals surface area contributed by atoms with Crippen molar-refractivity contribution in [1.29, 1.82) is 0 Å². The second kappa shape index (κ2) is 4.49. The maximum Gasteiger partial charge on any atom is 0.251 e. The van der Waals surface area contributed by atoms with Gasteiger partial charge in [-0.25, -0.2) is 0 Å². The average Bonchev–Trinajstić information content (AvgIpc) is 2.19. The molecule has 1 aliphatic heterocycles. The summed E-state index contributed by atoms with van der Waals surface area (Å²) in [7, 11) is 0. The highest BCUT2D eigenvalue weighted by atomic mass is 35.5. The van der Waals surface area contributed by atoms with Gasteiger partial charge in [0.2, 0.25) is 0 Å². The van der Waals surface area contributed by atoms with Crippen LogP contribution in [-0.2, 0) is 4.74 Å². The van der Waals surface area contributed by atoms with Gasteiger partial charge in [-0.1, -0.05) is 23.2 Å². The van der Waals surface area contributed by atoms with Crippen LogP contribution in [0.25, 0.3) is 0 Å². The molecular formula is C10H10Cl2N2O2. The Labute approximate surface area is 103 Å². The predicted octanol–water partition coefficient (Wildman–Crippen LogP) is 1.70. The molecule has 0 atom stereocenters. The Balaban J connectivity index is 2.16. The second-order valence-corrected chi connectivity index (χ2v) is 4.38. The lowest BCUT2D eigenvalue weighted by Crippen LogP contribution is -2.48. The molecule has 0 radical (unpaired) electrons. The molecule has 3 N–H and O–H groups in total. The molecule has 1 aromatic carbocycles. The Morgan fingerprint density at radius 3 is 2.38 bits per heavy atom. The van der Waals surface area contributed by atoms with Crippen molar-refractivity contribution in [1.82, 2.24) is 5.32 Å². The number of nitrogen functional groups attached to an aromatic ring is 1. The van der Waals surface area contributed by atoms with Crippen LogP contribution in [0.4, 0.5) is 5.69 Å². The topological polar surface area (TPSA) is 64.4 Å². The van der Waals surface area contributed by atoms with Crippen molar-refractivity contribution in [2.45, 2.75) is 6.04 Å². The molecule has 6 heteroatoms. The highest BCUT2D eigenvalue weighted by Crippen LogP contribution is 2.28. The Bertz CT molecular complexity index is 410. The quantitative estimate of drug-likeness (QED) is 0.796. The minimum Gasteiger partial charge on any atom is -0.396 e. The highest BCUT2D eigenvalue weighted by molar-refractivity contribution is 6.39. The van der Waals surface area contributed by atoms with E-state index in [1.165, 1.54) is 12.1 Å². The average molecular weight is 261 g/mol. The molecule has 0 bridgehead atoms. The summed E-state index contributed by atoms with van der Waals surface area (Å²) in [6, 6.07) is 3.07. The Kier molecular flexibility index (Phi) is 3.23. The van der Waals surface area contributed by atoms with Gasteiger partial charge in [-0.15, -0.1) is 0 Å². The molecule has 1 saturated heterocycles. The lowest BCUT2D eigenvalue weighted by Gasteiger charge is -2.26. The van der Waals surface area contributed by atoms with Crippen molar-refractivity contribution in [2.24, 2.45) is 0 Å². The summed E-state index contributed by atoms with van der Waals surface area (Å²) in [5, 5.41) is 3.34. The Hall–Kier alpha value is -0.970. The van der Waals surface area contributed by atoms with Gasteiger partial charge in [0.1, 0.15) is 0 Å². The number of amides is 1. The number of nitrogens with one attached hydrogen (secondary N) is 1. The molecule has 1 aromatic rings. The number of hydrogen-bond donors (Lipinski definition) is 2. The fraction of sp³-hybridized carbons (Fsp3) is 0.300. The summed E-state index contributed by atoms with van der Waals surface area (Å²) in [5.41, 5.74) is 6.26. The van der Waals surface area contributed by atoms with E-state index in [1.54, 1.807) is 0 Å². The van der Waals surface area contributed by atoms with Crippen LogP contribution in [0.5, 0.6) is 0 Å². The minimum atomic E-state index is -0.225. The number of anilines is 1. The minimum absolute atomic E-state index is 0.0719. The zero-order valence-electron chi connectivity index (χ0n) is 8.30. The van der Waals surface area contributed by atoms with Crippen LogP contribution >= 0.6 is 23.2 Å². The number of hydrogen-bond acceptors (Lipinski definition) is 3. The molecule has 0 aromatic heterocycles. The highest BCUT2D eigenvalue weighted by Gasteiger charge is 2.21. The molecule has 0 unspecified atom stereocenters. The van der Waals surface area contributed by atoms with Gasteiger partial charge in [-0.05, 0) is 12.1 Å². The third kappa shape index (κ3) is 2.24. The van der Waals surface area contributed by atoms with E-state index in [2.05, 4.69) is 5.32 Å². The first-order valence-electron chi connectivity index (χ1n) is 4.71. The summed E-state index contributed by atoms with van der Waals surface area (Å²) < 4.78 is 4.95. The van der Waals surface area contributed by atoms with E-state index in [9.17, 15) is 4.79 Å². The maximum atomic E-state index is 11.7. The van der Waals surface area contributed by atoms with Crippen molar-refractivity contribution in [3.63, 3.8) is 0 Å². The van der Waals surface area contributed by atoms with E-state index in [-0.39, 0.29) is 27.7 Å². The van der Waals surface area contributed by atoms with Crippen molar-refractivity contribution >= 4 is 34.8 Å². The Morgan fingerprint density at radius 1 is 1.38 bits per heavy atom. The summed E-state index contributed by atoms with van der Waals surface area (Å²) in [5.74, 6) is -0.225. The first kappa shape index (κ1) is 11.5. The van der Waals surface area contributed by atoms with E-state index in [4.69, 9.17) is 33.7 Å². The van der Waals surface area contributed by atoms with Gasteiger partial charge < -0.3 is 15.8 Å². The largest absolute Gasteiger partial charge is 0.396 e. The van der Waals surface area contributed by atoms with E-state index >= 15 is 0 Å². The first-order valence-corrected chi connectivity index (χ1v) is 5.46. The molecule has 1 aliphatic rings. The van der Waals surface area contributed by atoms with Crippen LogP contribution < -0.4 is 11.1 Å². The molecule has 1 heterocycles. The molecule has 0 aliphatic carbocycles. The summed E-state index contributed by atoms with van der Waals surface area (Å²) in [6.45, 7) is 1.09. The number of rotatable bonds is 2.